The maximum absolute atomic E-state index is 12.1. The van der Waals surface area contributed by atoms with Gasteiger partial charge in [0.2, 0.25) is 0 Å². The van der Waals surface area contributed by atoms with Crippen LogP contribution < -0.4 is 9.47 Å². The van der Waals surface area contributed by atoms with E-state index in [2.05, 4.69) is 0 Å². The molecule has 0 heterocycles. The third-order valence-electron chi connectivity index (χ3n) is 2.85. The summed E-state index contributed by atoms with van der Waals surface area (Å²) in [5.74, 6) is 0.0890. The number of esters is 1. The molecule has 0 saturated carbocycles. The number of carbonyl (C=O) groups is 2. The summed E-state index contributed by atoms with van der Waals surface area (Å²) >= 11 is 5.88. The molecule has 0 radical (unpaired) electrons. The molecular formula is C16H13ClO4. The molecule has 108 valence electrons. The van der Waals surface area contributed by atoms with E-state index in [1.54, 1.807) is 36.4 Å². The molecule has 0 atom stereocenters. The van der Waals surface area contributed by atoms with Crippen molar-refractivity contribution in [1.82, 2.24) is 0 Å². The number of hydrogen-bond acceptors (Lipinski definition) is 4. The zero-order chi connectivity index (χ0) is 15.4. The Labute approximate surface area is 127 Å². The van der Waals surface area contributed by atoms with Gasteiger partial charge in [0.15, 0.2) is 5.78 Å². The lowest BCUT2D eigenvalue weighted by molar-refractivity contribution is 0.0731. The fraction of sp³-hybridized carbons (Fsp3) is 0.125. The minimum Gasteiger partial charge on any atom is -0.496 e. The first-order valence-corrected chi connectivity index (χ1v) is 6.56. The molecule has 2 aromatic carbocycles. The molecule has 0 aromatic heterocycles. The van der Waals surface area contributed by atoms with Crippen molar-refractivity contribution in [2.75, 3.05) is 7.11 Å². The van der Waals surface area contributed by atoms with Crippen LogP contribution in [0.5, 0.6) is 11.5 Å². The standard InChI is InChI=1S/C16H13ClO4/c1-10(18)11-3-6-13(7-4-11)21-16(19)14-9-12(17)5-8-15(14)20-2/h3-9H,1-2H3. The molecular weight excluding hydrogens is 292 g/mol. The Hall–Kier alpha value is -2.33. The van der Waals surface area contributed by atoms with Gasteiger partial charge in [-0.15, -0.1) is 0 Å². The Kier molecular flexibility index (Phi) is 4.60. The van der Waals surface area contributed by atoms with Gasteiger partial charge >= 0.3 is 5.97 Å². The summed E-state index contributed by atoms with van der Waals surface area (Å²) in [6, 6.07) is 11.0. The average Bonchev–Trinajstić information content (AvgIpc) is 2.47. The van der Waals surface area contributed by atoms with Gasteiger partial charge in [-0.3, -0.25) is 4.79 Å². The molecule has 2 rings (SSSR count). The largest absolute Gasteiger partial charge is 0.496 e. The molecule has 2 aromatic rings. The number of methoxy groups -OCH3 is 1. The molecule has 0 unspecified atom stereocenters. The van der Waals surface area contributed by atoms with Gasteiger partial charge in [0.05, 0.1) is 7.11 Å². The van der Waals surface area contributed by atoms with Gasteiger partial charge in [-0.25, -0.2) is 4.79 Å². The molecule has 0 aliphatic heterocycles. The molecule has 0 fully saturated rings. The van der Waals surface area contributed by atoms with Gasteiger partial charge in [0.1, 0.15) is 17.1 Å². The van der Waals surface area contributed by atoms with Gasteiger partial charge in [-0.1, -0.05) is 11.6 Å². The minimum absolute atomic E-state index is 0.0515. The predicted octanol–water partition coefficient (Wildman–Crippen LogP) is 3.77. The SMILES string of the molecule is COc1ccc(Cl)cc1C(=O)Oc1ccc(C(C)=O)cc1. The second-order valence-electron chi connectivity index (χ2n) is 4.31. The second kappa shape index (κ2) is 6.41. The summed E-state index contributed by atoms with van der Waals surface area (Å²) in [5.41, 5.74) is 0.788. The first-order valence-electron chi connectivity index (χ1n) is 6.18. The fourth-order valence-electron chi connectivity index (χ4n) is 1.76. The molecule has 21 heavy (non-hydrogen) atoms. The molecule has 0 aliphatic rings. The second-order valence-corrected chi connectivity index (χ2v) is 4.75. The van der Waals surface area contributed by atoms with Gasteiger partial charge in [-0.2, -0.15) is 0 Å². The van der Waals surface area contributed by atoms with Crippen molar-refractivity contribution in [2.45, 2.75) is 6.92 Å². The maximum Gasteiger partial charge on any atom is 0.347 e. The van der Waals surface area contributed by atoms with E-state index < -0.39 is 5.97 Å². The summed E-state index contributed by atoms with van der Waals surface area (Å²) in [6.45, 7) is 1.47. The van der Waals surface area contributed by atoms with Gasteiger partial charge in [-0.05, 0) is 49.4 Å². The Morgan fingerprint density at radius 2 is 1.71 bits per heavy atom. The fourth-order valence-corrected chi connectivity index (χ4v) is 1.93. The molecule has 0 spiro atoms. The maximum atomic E-state index is 12.1. The smallest absolute Gasteiger partial charge is 0.347 e. The number of ether oxygens (including phenoxy) is 2. The zero-order valence-electron chi connectivity index (χ0n) is 11.6. The summed E-state index contributed by atoms with van der Waals surface area (Å²) in [4.78, 5) is 23.3. The number of benzene rings is 2. The van der Waals surface area contributed by atoms with E-state index in [1.165, 1.54) is 20.1 Å². The highest BCUT2D eigenvalue weighted by Gasteiger charge is 2.15. The third-order valence-corrected chi connectivity index (χ3v) is 3.09. The van der Waals surface area contributed by atoms with Crippen molar-refractivity contribution >= 4 is 23.4 Å². The van der Waals surface area contributed by atoms with Crippen molar-refractivity contribution in [2.24, 2.45) is 0 Å². The monoisotopic (exact) mass is 304 g/mol. The Balaban J connectivity index is 2.21. The van der Waals surface area contributed by atoms with E-state index in [1.807, 2.05) is 0 Å². The van der Waals surface area contributed by atoms with Crippen LogP contribution in [0, 0.1) is 0 Å². The number of carbonyl (C=O) groups excluding carboxylic acids is 2. The first kappa shape index (κ1) is 15.1. The molecule has 0 bridgehead atoms. The van der Waals surface area contributed by atoms with Crippen LogP contribution in [0.2, 0.25) is 5.02 Å². The van der Waals surface area contributed by atoms with Crippen molar-refractivity contribution in [3.05, 3.63) is 58.6 Å². The van der Waals surface area contributed by atoms with E-state index in [0.29, 0.717) is 22.1 Å². The van der Waals surface area contributed by atoms with Gasteiger partial charge in [0, 0.05) is 10.6 Å². The van der Waals surface area contributed by atoms with Crippen molar-refractivity contribution < 1.29 is 19.1 Å². The summed E-state index contributed by atoms with van der Waals surface area (Å²) in [6.07, 6.45) is 0. The Morgan fingerprint density at radius 1 is 1.05 bits per heavy atom. The zero-order valence-corrected chi connectivity index (χ0v) is 12.3. The molecule has 0 saturated heterocycles. The Morgan fingerprint density at radius 3 is 2.29 bits per heavy atom. The molecule has 0 amide bonds. The van der Waals surface area contributed by atoms with Crippen molar-refractivity contribution in [3.8, 4) is 11.5 Å². The van der Waals surface area contributed by atoms with Crippen LogP contribution in [0.4, 0.5) is 0 Å². The van der Waals surface area contributed by atoms with E-state index in [0.717, 1.165) is 0 Å². The van der Waals surface area contributed by atoms with E-state index in [4.69, 9.17) is 21.1 Å². The quantitative estimate of drug-likeness (QED) is 0.490. The summed E-state index contributed by atoms with van der Waals surface area (Å²) in [7, 11) is 1.46. The highest BCUT2D eigenvalue weighted by atomic mass is 35.5. The van der Waals surface area contributed by atoms with Crippen molar-refractivity contribution in [3.63, 3.8) is 0 Å². The summed E-state index contributed by atoms with van der Waals surface area (Å²) < 4.78 is 10.3. The average molecular weight is 305 g/mol. The van der Waals surface area contributed by atoms with Gasteiger partial charge < -0.3 is 9.47 Å². The molecule has 0 aliphatic carbocycles. The molecule has 4 nitrogen and oxygen atoms in total. The van der Waals surface area contributed by atoms with Crippen molar-refractivity contribution in [1.29, 1.82) is 0 Å². The number of halogens is 1. The van der Waals surface area contributed by atoms with Crippen LogP contribution in [0.15, 0.2) is 42.5 Å². The van der Waals surface area contributed by atoms with Crippen LogP contribution in [-0.4, -0.2) is 18.9 Å². The highest BCUT2D eigenvalue weighted by Crippen LogP contribution is 2.24. The third kappa shape index (κ3) is 3.61. The predicted molar refractivity (Wildman–Crippen MR) is 79.4 cm³/mol. The number of ketones is 1. The number of Topliss-reactive ketones (excluding diaryl/α,β-unsaturated/α-hetero) is 1. The van der Waals surface area contributed by atoms with E-state index >= 15 is 0 Å². The lowest BCUT2D eigenvalue weighted by Gasteiger charge is -2.09. The number of hydrogen-bond donors (Lipinski definition) is 0. The minimum atomic E-state index is -0.579. The molecule has 0 N–H and O–H groups in total. The topological polar surface area (TPSA) is 52.6 Å². The summed E-state index contributed by atoms with van der Waals surface area (Å²) in [5, 5.41) is 0.412. The van der Waals surface area contributed by atoms with Crippen LogP contribution in [0.3, 0.4) is 0 Å². The lowest BCUT2D eigenvalue weighted by atomic mass is 10.1. The lowest BCUT2D eigenvalue weighted by Crippen LogP contribution is -2.10. The van der Waals surface area contributed by atoms with Crippen LogP contribution in [0.1, 0.15) is 27.6 Å². The number of rotatable bonds is 4. The molecule has 5 heteroatoms. The van der Waals surface area contributed by atoms with Crippen LogP contribution in [-0.2, 0) is 0 Å². The first-order chi connectivity index (χ1) is 10.0. The van der Waals surface area contributed by atoms with Gasteiger partial charge in [0.25, 0.3) is 0 Å². The normalized spacial score (nSPS) is 10.0. The van der Waals surface area contributed by atoms with Crippen LogP contribution in [0.25, 0.3) is 0 Å². The Bertz CT molecular complexity index is 677. The van der Waals surface area contributed by atoms with E-state index in [-0.39, 0.29) is 11.3 Å². The highest BCUT2D eigenvalue weighted by molar-refractivity contribution is 6.31. The van der Waals surface area contributed by atoms with Crippen LogP contribution >= 0.6 is 11.6 Å². The van der Waals surface area contributed by atoms with E-state index in [9.17, 15) is 9.59 Å².